The fourth-order valence-electron chi connectivity index (χ4n) is 2.33. The van der Waals surface area contributed by atoms with E-state index in [1.54, 1.807) is 0 Å². The lowest BCUT2D eigenvalue weighted by Gasteiger charge is -2.35. The Hall–Kier alpha value is -0.570. The van der Waals surface area contributed by atoms with Gasteiger partial charge in [-0.25, -0.2) is 0 Å². The Bertz CT molecular complexity index is 198. The molecule has 1 aliphatic carbocycles. The maximum atomic E-state index is 11.6. The van der Waals surface area contributed by atoms with Crippen LogP contribution in [0.15, 0.2) is 0 Å². The van der Waals surface area contributed by atoms with Crippen LogP contribution < -0.4 is 5.73 Å². The van der Waals surface area contributed by atoms with Gasteiger partial charge in [0.2, 0.25) is 0 Å². The summed E-state index contributed by atoms with van der Waals surface area (Å²) < 4.78 is 5.13. The van der Waals surface area contributed by atoms with Gasteiger partial charge in [0.05, 0.1) is 13.0 Å². The van der Waals surface area contributed by atoms with Crippen molar-refractivity contribution in [2.75, 3.05) is 13.2 Å². The second-order valence-electron chi connectivity index (χ2n) is 4.66. The maximum Gasteiger partial charge on any atom is 0.306 e. The summed E-state index contributed by atoms with van der Waals surface area (Å²) in [6.07, 6.45) is 7.28. The van der Waals surface area contributed by atoms with Crippen LogP contribution in [0, 0.1) is 5.41 Å². The number of carbonyl (C=O) groups excluding carboxylic acids is 1. The van der Waals surface area contributed by atoms with E-state index in [0.717, 1.165) is 19.3 Å². The number of hydrogen-bond donors (Lipinski definition) is 1. The van der Waals surface area contributed by atoms with Gasteiger partial charge < -0.3 is 10.5 Å². The van der Waals surface area contributed by atoms with Crippen LogP contribution in [0.5, 0.6) is 0 Å². The second kappa shape index (κ2) is 6.11. The zero-order valence-electron chi connectivity index (χ0n) is 9.76. The molecule has 0 aliphatic heterocycles. The fourth-order valence-corrected chi connectivity index (χ4v) is 2.33. The molecule has 1 saturated carbocycles. The maximum absolute atomic E-state index is 11.6. The summed E-state index contributed by atoms with van der Waals surface area (Å²) in [4.78, 5) is 11.6. The van der Waals surface area contributed by atoms with Crippen molar-refractivity contribution in [2.45, 2.75) is 51.9 Å². The van der Waals surface area contributed by atoms with E-state index in [2.05, 4.69) is 0 Å². The summed E-state index contributed by atoms with van der Waals surface area (Å²) in [6.45, 7) is 3.17. The molecule has 0 aromatic carbocycles. The third-order valence-corrected chi connectivity index (χ3v) is 3.33. The van der Waals surface area contributed by atoms with E-state index in [0.29, 0.717) is 19.6 Å². The number of carbonyl (C=O) groups is 1. The molecule has 0 spiro atoms. The molecule has 88 valence electrons. The lowest BCUT2D eigenvalue weighted by Crippen LogP contribution is -2.35. The molecule has 0 saturated heterocycles. The third-order valence-electron chi connectivity index (χ3n) is 3.33. The molecule has 0 aromatic rings. The van der Waals surface area contributed by atoms with E-state index < -0.39 is 0 Å². The van der Waals surface area contributed by atoms with Gasteiger partial charge in [-0.15, -0.1) is 0 Å². The van der Waals surface area contributed by atoms with Crippen molar-refractivity contribution in [2.24, 2.45) is 11.1 Å². The molecule has 1 fully saturated rings. The second-order valence-corrected chi connectivity index (χ2v) is 4.66. The Kier molecular flexibility index (Phi) is 5.09. The Morgan fingerprint density at radius 2 is 2.00 bits per heavy atom. The molecule has 0 heterocycles. The van der Waals surface area contributed by atoms with Gasteiger partial charge in [-0.05, 0) is 31.2 Å². The minimum atomic E-state index is -0.0656. The van der Waals surface area contributed by atoms with Gasteiger partial charge in [-0.3, -0.25) is 4.79 Å². The van der Waals surface area contributed by atoms with E-state index in [9.17, 15) is 4.79 Å². The smallest absolute Gasteiger partial charge is 0.306 e. The van der Waals surface area contributed by atoms with Crippen LogP contribution in [0.25, 0.3) is 0 Å². The molecule has 0 aromatic heterocycles. The Labute approximate surface area is 92.4 Å². The first kappa shape index (κ1) is 12.5. The molecule has 0 radical (unpaired) electrons. The monoisotopic (exact) mass is 213 g/mol. The first-order valence-electron chi connectivity index (χ1n) is 6.08. The molecule has 1 rings (SSSR count). The molecular weight excluding hydrogens is 190 g/mol. The minimum Gasteiger partial charge on any atom is -0.466 e. The van der Waals surface area contributed by atoms with E-state index in [-0.39, 0.29) is 11.4 Å². The molecule has 0 bridgehead atoms. The number of hydrogen-bond acceptors (Lipinski definition) is 3. The van der Waals surface area contributed by atoms with Gasteiger partial charge in [0.1, 0.15) is 0 Å². The lowest BCUT2D eigenvalue weighted by molar-refractivity contribution is -0.146. The first-order chi connectivity index (χ1) is 7.22. The van der Waals surface area contributed by atoms with E-state index in [4.69, 9.17) is 10.5 Å². The Morgan fingerprint density at radius 3 is 2.53 bits per heavy atom. The zero-order chi connectivity index (χ0) is 11.1. The van der Waals surface area contributed by atoms with Gasteiger partial charge >= 0.3 is 5.97 Å². The predicted octanol–water partition coefficient (Wildman–Crippen LogP) is 2.24. The van der Waals surface area contributed by atoms with Crippen LogP contribution in [0.4, 0.5) is 0 Å². The van der Waals surface area contributed by atoms with Crippen molar-refractivity contribution in [1.29, 1.82) is 0 Å². The van der Waals surface area contributed by atoms with Gasteiger partial charge in [0, 0.05) is 0 Å². The Morgan fingerprint density at radius 1 is 1.33 bits per heavy atom. The molecule has 2 N–H and O–H groups in total. The fraction of sp³-hybridized carbons (Fsp3) is 0.917. The molecule has 15 heavy (non-hydrogen) atoms. The van der Waals surface area contributed by atoms with Crippen molar-refractivity contribution in [3.63, 3.8) is 0 Å². The third kappa shape index (κ3) is 3.82. The number of nitrogens with two attached hydrogens (primary N) is 1. The van der Waals surface area contributed by atoms with Crippen molar-refractivity contribution in [3.8, 4) is 0 Å². The van der Waals surface area contributed by atoms with Gasteiger partial charge in [0.25, 0.3) is 0 Å². The molecule has 3 nitrogen and oxygen atoms in total. The zero-order valence-corrected chi connectivity index (χ0v) is 9.76. The van der Waals surface area contributed by atoms with Crippen LogP contribution in [-0.2, 0) is 9.53 Å². The quantitative estimate of drug-likeness (QED) is 0.712. The van der Waals surface area contributed by atoms with Gasteiger partial charge in [0.15, 0.2) is 0 Å². The van der Waals surface area contributed by atoms with Crippen molar-refractivity contribution in [3.05, 3.63) is 0 Å². The predicted molar refractivity (Wildman–Crippen MR) is 60.4 cm³/mol. The molecule has 0 unspecified atom stereocenters. The first-order valence-corrected chi connectivity index (χ1v) is 6.08. The number of rotatable bonds is 5. The standard InChI is InChI=1S/C12H23NO2/c1-2-8-15-11(14)9-12(10-13)6-4-3-5-7-12/h2-10,13H2,1H3. The topological polar surface area (TPSA) is 52.3 Å². The van der Waals surface area contributed by atoms with Crippen LogP contribution in [0.3, 0.4) is 0 Å². The summed E-state index contributed by atoms with van der Waals surface area (Å²) >= 11 is 0. The lowest BCUT2D eigenvalue weighted by atomic mass is 9.72. The minimum absolute atomic E-state index is 0.0447. The van der Waals surface area contributed by atoms with Crippen LogP contribution >= 0.6 is 0 Å². The average Bonchev–Trinajstić information content (AvgIpc) is 2.27. The van der Waals surface area contributed by atoms with Crippen LogP contribution in [0.2, 0.25) is 0 Å². The summed E-state index contributed by atoms with van der Waals surface area (Å²) in [5.74, 6) is -0.0656. The van der Waals surface area contributed by atoms with Crippen molar-refractivity contribution in [1.82, 2.24) is 0 Å². The average molecular weight is 213 g/mol. The molecule has 1 aliphatic rings. The SMILES string of the molecule is CCCOC(=O)CC1(CN)CCCCC1. The highest BCUT2D eigenvalue weighted by Crippen LogP contribution is 2.38. The van der Waals surface area contributed by atoms with Crippen molar-refractivity contribution < 1.29 is 9.53 Å². The highest BCUT2D eigenvalue weighted by molar-refractivity contribution is 5.70. The highest BCUT2D eigenvalue weighted by Gasteiger charge is 2.33. The van der Waals surface area contributed by atoms with Crippen LogP contribution in [0.1, 0.15) is 51.9 Å². The number of ether oxygens (including phenoxy) is 1. The van der Waals surface area contributed by atoms with E-state index >= 15 is 0 Å². The molecular formula is C12H23NO2. The normalized spacial score (nSPS) is 19.9. The van der Waals surface area contributed by atoms with Gasteiger partial charge in [-0.2, -0.15) is 0 Å². The largest absolute Gasteiger partial charge is 0.466 e. The molecule has 0 atom stereocenters. The Balaban J connectivity index is 2.40. The summed E-state index contributed by atoms with van der Waals surface area (Å²) in [5.41, 5.74) is 5.85. The molecule has 3 heteroatoms. The highest BCUT2D eigenvalue weighted by atomic mass is 16.5. The summed E-state index contributed by atoms with van der Waals surface area (Å²) in [5, 5.41) is 0. The van der Waals surface area contributed by atoms with Gasteiger partial charge in [-0.1, -0.05) is 26.2 Å². The van der Waals surface area contributed by atoms with E-state index in [1.807, 2.05) is 6.92 Å². The van der Waals surface area contributed by atoms with E-state index in [1.165, 1.54) is 19.3 Å². The number of esters is 1. The van der Waals surface area contributed by atoms with Crippen molar-refractivity contribution >= 4 is 5.97 Å². The molecule has 0 amide bonds. The summed E-state index contributed by atoms with van der Waals surface area (Å²) in [6, 6.07) is 0. The summed E-state index contributed by atoms with van der Waals surface area (Å²) in [7, 11) is 0. The van der Waals surface area contributed by atoms with Crippen LogP contribution in [-0.4, -0.2) is 19.1 Å².